The number of rotatable bonds is 4. The van der Waals surface area contributed by atoms with E-state index in [1.54, 1.807) is 0 Å². The maximum Gasteiger partial charge on any atom is 0.0156 e. The van der Waals surface area contributed by atoms with Crippen LogP contribution in [0, 0.1) is 11.3 Å². The molecule has 1 heterocycles. The van der Waals surface area contributed by atoms with Crippen molar-refractivity contribution in [2.24, 2.45) is 11.3 Å². The average molecular weight is 253 g/mol. The molecule has 1 aliphatic carbocycles. The van der Waals surface area contributed by atoms with Crippen molar-refractivity contribution in [3.8, 4) is 0 Å². The second-order valence-electron chi connectivity index (χ2n) is 6.79. The number of hydrogen-bond donors (Lipinski definition) is 1. The molecule has 1 N–H and O–H groups in total. The SMILES string of the molecule is CCN1CCN(CC2CCC(C)(C)C2NC)CC1. The summed E-state index contributed by atoms with van der Waals surface area (Å²) in [6.07, 6.45) is 2.77. The fourth-order valence-corrected chi connectivity index (χ4v) is 3.96. The molecule has 106 valence electrons. The van der Waals surface area contributed by atoms with E-state index >= 15 is 0 Å². The Balaban J connectivity index is 1.83. The van der Waals surface area contributed by atoms with E-state index in [4.69, 9.17) is 0 Å². The molecule has 1 saturated heterocycles. The third kappa shape index (κ3) is 3.06. The Kier molecular flexibility index (Phi) is 4.68. The minimum absolute atomic E-state index is 0.477. The molecule has 0 amide bonds. The van der Waals surface area contributed by atoms with Gasteiger partial charge in [-0.2, -0.15) is 0 Å². The van der Waals surface area contributed by atoms with Crippen molar-refractivity contribution in [1.82, 2.24) is 15.1 Å². The van der Waals surface area contributed by atoms with Crippen LogP contribution in [-0.4, -0.2) is 62.2 Å². The van der Waals surface area contributed by atoms with Gasteiger partial charge in [0.1, 0.15) is 0 Å². The second-order valence-corrected chi connectivity index (χ2v) is 6.79. The largest absolute Gasteiger partial charge is 0.316 e. The standard InChI is InChI=1S/C15H31N3/c1-5-17-8-10-18(11-9-17)12-13-6-7-15(2,3)14(13)16-4/h13-14,16H,5-12H2,1-4H3. The van der Waals surface area contributed by atoms with Gasteiger partial charge < -0.3 is 15.1 Å². The Bertz CT molecular complexity index is 256. The minimum atomic E-state index is 0.477. The fraction of sp³-hybridized carbons (Fsp3) is 1.00. The zero-order chi connectivity index (χ0) is 13.2. The Morgan fingerprint density at radius 2 is 1.72 bits per heavy atom. The lowest BCUT2D eigenvalue weighted by atomic mass is 9.85. The van der Waals surface area contributed by atoms with E-state index < -0.39 is 0 Å². The van der Waals surface area contributed by atoms with E-state index in [1.807, 2.05) is 0 Å². The number of likely N-dealkylation sites (N-methyl/N-ethyl adjacent to an activating group) is 1. The van der Waals surface area contributed by atoms with Crippen molar-refractivity contribution < 1.29 is 0 Å². The van der Waals surface area contributed by atoms with Gasteiger partial charge in [0.25, 0.3) is 0 Å². The first-order chi connectivity index (χ1) is 8.56. The van der Waals surface area contributed by atoms with E-state index in [9.17, 15) is 0 Å². The van der Waals surface area contributed by atoms with Crippen LogP contribution in [0.4, 0.5) is 0 Å². The molecule has 0 aromatic carbocycles. The lowest BCUT2D eigenvalue weighted by molar-refractivity contribution is 0.112. The smallest absolute Gasteiger partial charge is 0.0156 e. The molecule has 0 aromatic heterocycles. The molecule has 2 atom stereocenters. The van der Waals surface area contributed by atoms with Crippen LogP contribution in [0.2, 0.25) is 0 Å². The first-order valence-electron chi connectivity index (χ1n) is 7.69. The molecule has 0 bridgehead atoms. The number of piperazine rings is 1. The zero-order valence-electron chi connectivity index (χ0n) is 12.7. The maximum atomic E-state index is 3.58. The van der Waals surface area contributed by atoms with Gasteiger partial charge in [-0.05, 0) is 37.8 Å². The van der Waals surface area contributed by atoms with Crippen LogP contribution in [0.25, 0.3) is 0 Å². The predicted molar refractivity (Wildman–Crippen MR) is 77.9 cm³/mol. The van der Waals surface area contributed by atoms with E-state index in [0.717, 1.165) is 5.92 Å². The number of nitrogens with zero attached hydrogens (tertiary/aromatic N) is 2. The average Bonchev–Trinajstić information content (AvgIpc) is 2.65. The highest BCUT2D eigenvalue weighted by Crippen LogP contribution is 2.41. The summed E-state index contributed by atoms with van der Waals surface area (Å²) in [5.74, 6) is 0.846. The summed E-state index contributed by atoms with van der Waals surface area (Å²) in [6.45, 7) is 14.7. The summed E-state index contributed by atoms with van der Waals surface area (Å²) < 4.78 is 0. The fourth-order valence-electron chi connectivity index (χ4n) is 3.96. The number of nitrogens with one attached hydrogen (secondary N) is 1. The molecule has 3 heteroatoms. The van der Waals surface area contributed by atoms with Crippen LogP contribution >= 0.6 is 0 Å². The quantitative estimate of drug-likeness (QED) is 0.822. The van der Waals surface area contributed by atoms with Gasteiger partial charge in [0.2, 0.25) is 0 Å². The summed E-state index contributed by atoms with van der Waals surface area (Å²) in [5, 5.41) is 3.58. The van der Waals surface area contributed by atoms with E-state index in [1.165, 1.54) is 52.1 Å². The van der Waals surface area contributed by atoms with Crippen LogP contribution < -0.4 is 5.32 Å². The van der Waals surface area contributed by atoms with Gasteiger partial charge in [-0.25, -0.2) is 0 Å². The molecule has 2 fully saturated rings. The summed E-state index contributed by atoms with van der Waals surface area (Å²) in [6, 6.07) is 0.696. The van der Waals surface area contributed by atoms with E-state index in [2.05, 4.69) is 42.9 Å². The van der Waals surface area contributed by atoms with Gasteiger partial charge in [-0.3, -0.25) is 0 Å². The lowest BCUT2D eigenvalue weighted by Gasteiger charge is -2.37. The van der Waals surface area contributed by atoms with Crippen molar-refractivity contribution in [2.75, 3.05) is 46.3 Å². The van der Waals surface area contributed by atoms with Crippen LogP contribution in [-0.2, 0) is 0 Å². The van der Waals surface area contributed by atoms with Gasteiger partial charge in [0.05, 0.1) is 0 Å². The van der Waals surface area contributed by atoms with Crippen LogP contribution in [0.5, 0.6) is 0 Å². The van der Waals surface area contributed by atoms with Crippen LogP contribution in [0.15, 0.2) is 0 Å². The highest BCUT2D eigenvalue weighted by molar-refractivity contribution is 4.96. The molecule has 0 radical (unpaired) electrons. The summed E-state index contributed by atoms with van der Waals surface area (Å²) in [5.41, 5.74) is 0.477. The summed E-state index contributed by atoms with van der Waals surface area (Å²) in [7, 11) is 2.14. The first-order valence-corrected chi connectivity index (χ1v) is 7.69. The molecule has 2 rings (SSSR count). The van der Waals surface area contributed by atoms with Crippen molar-refractivity contribution in [3.05, 3.63) is 0 Å². The van der Waals surface area contributed by atoms with Gasteiger partial charge in [0.15, 0.2) is 0 Å². The zero-order valence-corrected chi connectivity index (χ0v) is 12.7. The molecule has 18 heavy (non-hydrogen) atoms. The Labute approximate surface area is 113 Å². The van der Waals surface area contributed by atoms with Gasteiger partial charge in [-0.1, -0.05) is 20.8 Å². The molecule has 0 spiro atoms. The molecule has 3 nitrogen and oxygen atoms in total. The Hall–Kier alpha value is -0.120. The van der Waals surface area contributed by atoms with Crippen molar-refractivity contribution in [3.63, 3.8) is 0 Å². The van der Waals surface area contributed by atoms with Crippen molar-refractivity contribution >= 4 is 0 Å². The first kappa shape index (κ1) is 14.3. The normalized spacial score (nSPS) is 34.0. The molecule has 1 saturated carbocycles. The third-order valence-electron chi connectivity index (χ3n) is 5.19. The van der Waals surface area contributed by atoms with Gasteiger partial charge in [-0.15, -0.1) is 0 Å². The van der Waals surface area contributed by atoms with Gasteiger partial charge in [0, 0.05) is 38.8 Å². The van der Waals surface area contributed by atoms with E-state index in [-0.39, 0.29) is 0 Å². The van der Waals surface area contributed by atoms with Crippen molar-refractivity contribution in [2.45, 2.75) is 39.7 Å². The Morgan fingerprint density at radius 3 is 2.28 bits per heavy atom. The van der Waals surface area contributed by atoms with Crippen LogP contribution in [0.1, 0.15) is 33.6 Å². The van der Waals surface area contributed by atoms with E-state index in [0.29, 0.717) is 11.5 Å². The molecular formula is C15H31N3. The second kappa shape index (κ2) is 5.89. The topological polar surface area (TPSA) is 18.5 Å². The highest BCUT2D eigenvalue weighted by atomic mass is 15.3. The highest BCUT2D eigenvalue weighted by Gasteiger charge is 2.41. The summed E-state index contributed by atoms with van der Waals surface area (Å²) in [4.78, 5) is 5.24. The molecule has 2 aliphatic rings. The minimum Gasteiger partial charge on any atom is -0.316 e. The van der Waals surface area contributed by atoms with Gasteiger partial charge >= 0.3 is 0 Å². The molecule has 2 unspecified atom stereocenters. The molecule has 1 aliphatic heterocycles. The summed E-state index contributed by atoms with van der Waals surface area (Å²) >= 11 is 0. The molecular weight excluding hydrogens is 222 g/mol. The number of hydrogen-bond acceptors (Lipinski definition) is 3. The van der Waals surface area contributed by atoms with Crippen molar-refractivity contribution in [1.29, 1.82) is 0 Å². The Morgan fingerprint density at radius 1 is 1.11 bits per heavy atom. The third-order valence-corrected chi connectivity index (χ3v) is 5.19. The maximum absolute atomic E-state index is 3.58. The monoisotopic (exact) mass is 253 g/mol. The predicted octanol–water partition coefficient (Wildman–Crippen LogP) is 1.65. The van der Waals surface area contributed by atoms with Crippen LogP contribution in [0.3, 0.4) is 0 Å². The molecule has 0 aromatic rings. The lowest BCUT2D eigenvalue weighted by Crippen LogP contribution is -2.50.